The number of hydrogen-bond donors (Lipinski definition) is 1. The third kappa shape index (κ3) is 5.18. The Hall–Kier alpha value is -3.76. The molecule has 35 heavy (non-hydrogen) atoms. The Bertz CT molecular complexity index is 1280. The van der Waals surface area contributed by atoms with Crippen molar-refractivity contribution in [2.75, 3.05) is 16.8 Å². The molecule has 3 aromatic heterocycles. The van der Waals surface area contributed by atoms with Crippen LogP contribution in [0.2, 0.25) is 0 Å². The highest BCUT2D eigenvalue weighted by Gasteiger charge is 2.32. The Kier molecular flexibility index (Phi) is 5.78. The number of aromatic nitrogens is 4. The van der Waals surface area contributed by atoms with Crippen LogP contribution < -0.4 is 10.2 Å². The number of rotatable bonds is 6. The second kappa shape index (κ2) is 8.79. The lowest BCUT2D eigenvalue weighted by molar-refractivity contribution is -0.142. The smallest absolute Gasteiger partial charge is 0.319 e. The Morgan fingerprint density at radius 3 is 2.71 bits per heavy atom. The minimum Gasteiger partial charge on any atom is -0.319 e. The van der Waals surface area contributed by atoms with E-state index in [1.807, 2.05) is 6.92 Å². The molecule has 2 fully saturated rings. The molecule has 0 unspecified atom stereocenters. The highest BCUT2D eigenvalue weighted by molar-refractivity contribution is 6.04. The standard InChI is InChI=1S/C24H23F3N6O2/c1-14-7-21(34)33(11-14)17-8-20(22(28-10-17)15-5-6-15)31-23(35)19-4-2-3-18(30-19)16-9-29-32(12-16)13-24(25,26)27/h2-4,8-10,12,14-15H,5-7,11,13H2,1H3,(H,31,35)/t14-/m0/s1. The maximum absolute atomic E-state index is 13.1. The zero-order valence-corrected chi connectivity index (χ0v) is 18.9. The average Bonchev–Trinajstić information content (AvgIpc) is 3.45. The number of nitrogens with zero attached hydrogens (tertiary/aromatic N) is 5. The molecule has 1 saturated carbocycles. The zero-order valence-electron chi connectivity index (χ0n) is 18.9. The number of carbonyl (C=O) groups excluding carboxylic acids is 2. The highest BCUT2D eigenvalue weighted by atomic mass is 19.4. The molecule has 5 rings (SSSR count). The molecule has 0 radical (unpaired) electrons. The lowest BCUT2D eigenvalue weighted by atomic mass is 10.1. The Morgan fingerprint density at radius 2 is 2.03 bits per heavy atom. The maximum atomic E-state index is 13.1. The number of anilines is 2. The zero-order chi connectivity index (χ0) is 24.7. The van der Waals surface area contributed by atoms with E-state index in [9.17, 15) is 22.8 Å². The molecule has 8 nitrogen and oxygen atoms in total. The van der Waals surface area contributed by atoms with Crippen LogP contribution in [-0.4, -0.2) is 44.3 Å². The van der Waals surface area contributed by atoms with Gasteiger partial charge in [0.05, 0.1) is 35.2 Å². The van der Waals surface area contributed by atoms with E-state index >= 15 is 0 Å². The van der Waals surface area contributed by atoms with Gasteiger partial charge >= 0.3 is 6.18 Å². The third-order valence-electron chi connectivity index (χ3n) is 6.00. The van der Waals surface area contributed by atoms with Gasteiger partial charge in [-0.3, -0.25) is 19.3 Å². The summed E-state index contributed by atoms with van der Waals surface area (Å²) < 4.78 is 38.7. The summed E-state index contributed by atoms with van der Waals surface area (Å²) in [4.78, 5) is 36.0. The number of pyridine rings is 2. The highest BCUT2D eigenvalue weighted by Crippen LogP contribution is 2.43. The summed E-state index contributed by atoms with van der Waals surface area (Å²) in [6.07, 6.45) is 2.23. The van der Waals surface area contributed by atoms with E-state index in [2.05, 4.69) is 20.4 Å². The van der Waals surface area contributed by atoms with Crippen molar-refractivity contribution in [3.05, 3.63) is 54.2 Å². The summed E-state index contributed by atoms with van der Waals surface area (Å²) >= 11 is 0. The van der Waals surface area contributed by atoms with Crippen LogP contribution in [0.15, 0.2) is 42.9 Å². The maximum Gasteiger partial charge on any atom is 0.408 e. The first kappa shape index (κ1) is 23.0. The number of alkyl halides is 3. The van der Waals surface area contributed by atoms with Crippen molar-refractivity contribution < 1.29 is 22.8 Å². The van der Waals surface area contributed by atoms with Crippen molar-refractivity contribution in [3.8, 4) is 11.3 Å². The fourth-order valence-corrected chi connectivity index (χ4v) is 4.20. The molecule has 11 heteroatoms. The number of nitrogens with one attached hydrogen (secondary N) is 1. The molecule has 1 atom stereocenters. The summed E-state index contributed by atoms with van der Waals surface area (Å²) in [7, 11) is 0. The lowest BCUT2D eigenvalue weighted by Gasteiger charge is -2.19. The van der Waals surface area contributed by atoms with E-state index in [0.717, 1.165) is 23.2 Å². The van der Waals surface area contributed by atoms with Crippen LogP contribution in [0.4, 0.5) is 24.5 Å². The summed E-state index contributed by atoms with van der Waals surface area (Å²) in [6.45, 7) is 1.40. The van der Waals surface area contributed by atoms with Gasteiger partial charge in [0.25, 0.3) is 5.91 Å². The molecule has 2 aliphatic rings. The monoisotopic (exact) mass is 484 g/mol. The van der Waals surface area contributed by atoms with Gasteiger partial charge in [0.2, 0.25) is 5.91 Å². The summed E-state index contributed by atoms with van der Waals surface area (Å²) in [6, 6.07) is 6.51. The van der Waals surface area contributed by atoms with Crippen molar-refractivity contribution in [2.24, 2.45) is 5.92 Å². The van der Waals surface area contributed by atoms with Crippen LogP contribution in [0.1, 0.15) is 48.3 Å². The van der Waals surface area contributed by atoms with E-state index in [0.29, 0.717) is 35.6 Å². The Morgan fingerprint density at radius 1 is 1.23 bits per heavy atom. The largest absolute Gasteiger partial charge is 0.408 e. The van der Waals surface area contributed by atoms with Gasteiger partial charge in [-0.2, -0.15) is 18.3 Å². The summed E-state index contributed by atoms with van der Waals surface area (Å²) in [5.41, 5.74) is 2.74. The third-order valence-corrected chi connectivity index (χ3v) is 6.00. The molecule has 1 aliphatic heterocycles. The van der Waals surface area contributed by atoms with E-state index in [4.69, 9.17) is 0 Å². The predicted molar refractivity (Wildman–Crippen MR) is 122 cm³/mol. The second-order valence-electron chi connectivity index (χ2n) is 9.12. The predicted octanol–water partition coefficient (Wildman–Crippen LogP) is 4.40. The summed E-state index contributed by atoms with van der Waals surface area (Å²) in [5, 5.41) is 6.61. The first-order valence-corrected chi connectivity index (χ1v) is 11.3. The summed E-state index contributed by atoms with van der Waals surface area (Å²) in [5.74, 6) is 0.0510. The van der Waals surface area contributed by atoms with Gasteiger partial charge in [0.1, 0.15) is 12.2 Å². The van der Waals surface area contributed by atoms with Gasteiger partial charge in [-0.1, -0.05) is 13.0 Å². The molecule has 3 aromatic rings. The van der Waals surface area contributed by atoms with Crippen LogP contribution in [0.25, 0.3) is 11.3 Å². The molecule has 0 bridgehead atoms. The molecule has 1 aliphatic carbocycles. The molecule has 4 heterocycles. The number of halogens is 3. The molecule has 1 N–H and O–H groups in total. The van der Waals surface area contributed by atoms with Gasteiger partial charge in [-0.05, 0) is 37.0 Å². The van der Waals surface area contributed by atoms with Crippen molar-refractivity contribution in [3.63, 3.8) is 0 Å². The number of hydrogen-bond acceptors (Lipinski definition) is 5. The normalized spacial score (nSPS) is 18.2. The van der Waals surface area contributed by atoms with E-state index < -0.39 is 18.6 Å². The number of amides is 2. The fourth-order valence-electron chi connectivity index (χ4n) is 4.20. The Balaban J connectivity index is 1.38. The SMILES string of the molecule is C[C@H]1CC(=O)N(c2cnc(C3CC3)c(NC(=O)c3cccc(-c4cnn(CC(F)(F)F)c4)n3)c2)C1. The molecule has 0 spiro atoms. The van der Waals surface area contributed by atoms with Crippen LogP contribution >= 0.6 is 0 Å². The van der Waals surface area contributed by atoms with E-state index in [1.165, 1.54) is 18.5 Å². The van der Waals surface area contributed by atoms with Gasteiger partial charge in [-0.15, -0.1) is 0 Å². The molecule has 0 aromatic carbocycles. The van der Waals surface area contributed by atoms with Gasteiger partial charge in [-0.25, -0.2) is 4.98 Å². The van der Waals surface area contributed by atoms with Gasteiger partial charge in [0.15, 0.2) is 0 Å². The van der Waals surface area contributed by atoms with Gasteiger partial charge < -0.3 is 10.2 Å². The van der Waals surface area contributed by atoms with Crippen LogP contribution in [0.5, 0.6) is 0 Å². The fraction of sp³-hybridized carbons (Fsp3) is 0.375. The van der Waals surface area contributed by atoms with Crippen LogP contribution in [0.3, 0.4) is 0 Å². The van der Waals surface area contributed by atoms with Crippen molar-refractivity contribution in [1.29, 1.82) is 0 Å². The Labute approximate surface area is 199 Å². The van der Waals surface area contributed by atoms with Crippen molar-refractivity contribution >= 4 is 23.2 Å². The van der Waals surface area contributed by atoms with Crippen LogP contribution in [0, 0.1) is 5.92 Å². The first-order valence-electron chi connectivity index (χ1n) is 11.3. The minimum atomic E-state index is -4.39. The quantitative estimate of drug-likeness (QED) is 0.560. The molecular weight excluding hydrogens is 461 g/mol. The number of carbonyl (C=O) groups is 2. The molecule has 182 valence electrons. The first-order chi connectivity index (χ1) is 16.7. The van der Waals surface area contributed by atoms with Crippen molar-refractivity contribution in [2.45, 2.75) is 44.8 Å². The topological polar surface area (TPSA) is 93.0 Å². The van der Waals surface area contributed by atoms with Crippen LogP contribution in [-0.2, 0) is 11.3 Å². The van der Waals surface area contributed by atoms with Gasteiger partial charge in [0, 0.05) is 30.6 Å². The molecular formula is C24H23F3N6O2. The second-order valence-corrected chi connectivity index (χ2v) is 9.12. The molecule has 1 saturated heterocycles. The van der Waals surface area contributed by atoms with E-state index in [-0.39, 0.29) is 23.4 Å². The lowest BCUT2D eigenvalue weighted by Crippen LogP contribution is -2.25. The van der Waals surface area contributed by atoms with E-state index in [1.54, 1.807) is 29.3 Å². The minimum absolute atomic E-state index is 0.0242. The average molecular weight is 484 g/mol. The van der Waals surface area contributed by atoms with Crippen molar-refractivity contribution in [1.82, 2.24) is 19.7 Å². The molecule has 2 amide bonds.